The summed E-state index contributed by atoms with van der Waals surface area (Å²) in [4.78, 5) is 16.2. The Hall–Kier alpha value is -3.88. The summed E-state index contributed by atoms with van der Waals surface area (Å²) >= 11 is 0. The molecule has 1 aliphatic carbocycles. The number of nitrogens with zero attached hydrogens (tertiary/aromatic N) is 4. The van der Waals surface area contributed by atoms with Gasteiger partial charge in [0.15, 0.2) is 11.5 Å². The minimum absolute atomic E-state index is 0.0925. The van der Waals surface area contributed by atoms with Crippen molar-refractivity contribution in [1.29, 1.82) is 0 Å². The maximum Gasteiger partial charge on any atom is 0.337 e. The first-order valence-electron chi connectivity index (χ1n) is 10.8. The van der Waals surface area contributed by atoms with Gasteiger partial charge in [-0.05, 0) is 54.7 Å². The maximum absolute atomic E-state index is 13.8. The Morgan fingerprint density at radius 2 is 1.91 bits per heavy atom. The number of aryl methyl sites for hydroxylation is 1. The predicted molar refractivity (Wildman–Crippen MR) is 119 cm³/mol. The zero-order valence-corrected chi connectivity index (χ0v) is 18.7. The van der Waals surface area contributed by atoms with Gasteiger partial charge in [-0.3, -0.25) is 4.68 Å². The molecule has 1 fully saturated rings. The molecule has 0 bridgehead atoms. The molecule has 0 N–H and O–H groups in total. The topological polar surface area (TPSA) is 83.0 Å². The van der Waals surface area contributed by atoms with Crippen LogP contribution in [0.5, 0.6) is 0 Å². The fourth-order valence-corrected chi connectivity index (χ4v) is 4.25. The number of halogens is 2. The van der Waals surface area contributed by atoms with Crippen LogP contribution >= 0.6 is 0 Å². The van der Waals surface area contributed by atoms with Crippen molar-refractivity contribution in [2.45, 2.75) is 38.2 Å². The number of carbonyl (C=O) groups is 1. The number of rotatable bonds is 7. The average molecular weight is 464 g/mol. The van der Waals surface area contributed by atoms with Crippen molar-refractivity contribution in [3.63, 3.8) is 0 Å². The lowest BCUT2D eigenvalue weighted by Gasteiger charge is -2.13. The number of aromatic nitrogens is 4. The second kappa shape index (κ2) is 8.48. The van der Waals surface area contributed by atoms with Crippen LogP contribution < -0.4 is 0 Å². The number of hydrogen-bond acceptors (Lipinski definition) is 6. The van der Waals surface area contributed by atoms with Gasteiger partial charge in [0.05, 0.1) is 24.6 Å². The standard InChI is InChI=1S/C25H22F2N4O3/c1-15-5-3-4-6-18(15)25(11-12-25)24-28-22(34-30-24)19-13-20(21(26)27)31(29-19)14-16-7-9-17(10-8-16)23(32)33-2/h3-10,13,21H,11-12,14H2,1-2H3. The predicted octanol–water partition coefficient (Wildman–Crippen LogP) is 5.09. The molecular formula is C25H22F2N4O3. The highest BCUT2D eigenvalue weighted by Gasteiger charge is 2.50. The van der Waals surface area contributed by atoms with Gasteiger partial charge >= 0.3 is 5.97 Å². The molecule has 4 aromatic rings. The van der Waals surface area contributed by atoms with Gasteiger partial charge in [-0.2, -0.15) is 10.1 Å². The maximum atomic E-state index is 13.8. The van der Waals surface area contributed by atoms with Crippen LogP contribution in [0.2, 0.25) is 0 Å². The largest absolute Gasteiger partial charge is 0.465 e. The number of carbonyl (C=O) groups excluding carboxylic acids is 1. The molecular weight excluding hydrogens is 442 g/mol. The van der Waals surface area contributed by atoms with Crippen LogP contribution in [0.4, 0.5) is 8.78 Å². The lowest BCUT2D eigenvalue weighted by atomic mass is 9.91. The average Bonchev–Trinajstić information content (AvgIpc) is 3.28. The van der Waals surface area contributed by atoms with E-state index in [0.717, 1.165) is 24.0 Å². The number of ether oxygens (including phenoxy) is 1. The van der Waals surface area contributed by atoms with E-state index in [1.54, 1.807) is 24.3 Å². The van der Waals surface area contributed by atoms with Gasteiger partial charge in [-0.25, -0.2) is 13.6 Å². The fraction of sp³-hybridized carbons (Fsp3) is 0.280. The van der Waals surface area contributed by atoms with Gasteiger partial charge in [0.1, 0.15) is 5.69 Å². The molecule has 174 valence electrons. The van der Waals surface area contributed by atoms with E-state index in [1.807, 2.05) is 25.1 Å². The molecule has 7 nitrogen and oxygen atoms in total. The van der Waals surface area contributed by atoms with Crippen molar-refractivity contribution in [2.24, 2.45) is 0 Å². The highest BCUT2D eigenvalue weighted by molar-refractivity contribution is 5.89. The Kier molecular flexibility index (Phi) is 5.47. The third-order valence-electron chi connectivity index (χ3n) is 6.23. The first kappa shape index (κ1) is 21.9. The monoisotopic (exact) mass is 464 g/mol. The lowest BCUT2D eigenvalue weighted by Crippen LogP contribution is -2.12. The summed E-state index contributed by atoms with van der Waals surface area (Å²) < 4.78 is 38.9. The Labute approximate surface area is 194 Å². The molecule has 0 atom stereocenters. The van der Waals surface area contributed by atoms with Crippen LogP contribution in [0.1, 0.15) is 57.8 Å². The van der Waals surface area contributed by atoms with Crippen LogP contribution in [0.3, 0.4) is 0 Å². The summed E-state index contributed by atoms with van der Waals surface area (Å²) in [5.74, 6) is 0.187. The van der Waals surface area contributed by atoms with Crippen molar-refractivity contribution in [1.82, 2.24) is 19.9 Å². The second-order valence-electron chi connectivity index (χ2n) is 8.42. The van der Waals surface area contributed by atoms with E-state index in [9.17, 15) is 13.6 Å². The Bertz CT molecular complexity index is 1340. The Balaban J connectivity index is 1.43. The number of hydrogen-bond donors (Lipinski definition) is 0. The summed E-state index contributed by atoms with van der Waals surface area (Å²) in [6.45, 7) is 2.14. The lowest BCUT2D eigenvalue weighted by molar-refractivity contribution is 0.0600. The molecule has 1 saturated carbocycles. The van der Waals surface area contributed by atoms with E-state index in [-0.39, 0.29) is 29.2 Å². The molecule has 9 heteroatoms. The molecule has 2 heterocycles. The van der Waals surface area contributed by atoms with Crippen LogP contribution in [-0.4, -0.2) is 33.0 Å². The molecule has 0 amide bonds. The summed E-state index contributed by atoms with van der Waals surface area (Å²) in [5, 5.41) is 8.51. The van der Waals surface area contributed by atoms with Crippen LogP contribution in [0.25, 0.3) is 11.6 Å². The van der Waals surface area contributed by atoms with Crippen molar-refractivity contribution in [3.05, 3.63) is 88.4 Å². The molecule has 0 aliphatic heterocycles. The zero-order valence-electron chi connectivity index (χ0n) is 18.7. The number of methoxy groups -OCH3 is 1. The molecule has 2 aromatic carbocycles. The van der Waals surface area contributed by atoms with Crippen molar-refractivity contribution < 1.29 is 22.8 Å². The Morgan fingerprint density at radius 3 is 2.56 bits per heavy atom. The van der Waals surface area contributed by atoms with Crippen LogP contribution in [0, 0.1) is 6.92 Å². The third kappa shape index (κ3) is 3.87. The quantitative estimate of drug-likeness (QED) is 0.354. The molecule has 0 saturated heterocycles. The summed E-state index contributed by atoms with van der Waals surface area (Å²) in [7, 11) is 1.30. The van der Waals surface area contributed by atoms with Gasteiger partial charge in [-0.15, -0.1) is 0 Å². The van der Waals surface area contributed by atoms with E-state index in [0.29, 0.717) is 17.0 Å². The highest BCUT2D eigenvalue weighted by Crippen LogP contribution is 2.53. The van der Waals surface area contributed by atoms with E-state index >= 15 is 0 Å². The summed E-state index contributed by atoms with van der Waals surface area (Å²) in [5.41, 5.74) is 3.01. The minimum Gasteiger partial charge on any atom is -0.465 e. The number of alkyl halides is 2. The third-order valence-corrected chi connectivity index (χ3v) is 6.23. The zero-order chi connectivity index (χ0) is 23.9. The van der Waals surface area contributed by atoms with Crippen molar-refractivity contribution in [2.75, 3.05) is 7.11 Å². The molecule has 0 spiro atoms. The van der Waals surface area contributed by atoms with Crippen molar-refractivity contribution >= 4 is 5.97 Å². The molecule has 0 radical (unpaired) electrons. The second-order valence-corrected chi connectivity index (χ2v) is 8.42. The first-order chi connectivity index (χ1) is 16.4. The van der Waals surface area contributed by atoms with E-state index in [2.05, 4.69) is 26.0 Å². The number of esters is 1. The molecule has 5 rings (SSSR count). The van der Waals surface area contributed by atoms with Crippen molar-refractivity contribution in [3.8, 4) is 11.6 Å². The Morgan fingerprint density at radius 1 is 1.18 bits per heavy atom. The number of benzene rings is 2. The summed E-state index contributed by atoms with van der Waals surface area (Å²) in [6.07, 6.45) is -0.940. The minimum atomic E-state index is -2.74. The van der Waals surface area contributed by atoms with Gasteiger partial charge < -0.3 is 9.26 Å². The normalized spacial score (nSPS) is 14.4. The molecule has 34 heavy (non-hydrogen) atoms. The van der Waals surface area contributed by atoms with Gasteiger partial charge in [0.2, 0.25) is 0 Å². The van der Waals surface area contributed by atoms with E-state index in [1.165, 1.54) is 17.9 Å². The summed E-state index contributed by atoms with van der Waals surface area (Å²) in [6, 6.07) is 15.9. The molecule has 1 aliphatic rings. The van der Waals surface area contributed by atoms with Gasteiger partial charge in [-0.1, -0.05) is 41.6 Å². The highest BCUT2D eigenvalue weighted by atomic mass is 19.3. The van der Waals surface area contributed by atoms with E-state index < -0.39 is 12.4 Å². The van der Waals surface area contributed by atoms with Crippen LogP contribution in [0.15, 0.2) is 59.1 Å². The molecule has 0 unspecified atom stereocenters. The first-order valence-corrected chi connectivity index (χ1v) is 10.8. The smallest absolute Gasteiger partial charge is 0.337 e. The molecule has 2 aromatic heterocycles. The van der Waals surface area contributed by atoms with Gasteiger partial charge in [0, 0.05) is 0 Å². The van der Waals surface area contributed by atoms with Crippen LogP contribution in [-0.2, 0) is 16.7 Å². The SMILES string of the molecule is COC(=O)c1ccc(Cn2nc(-c3nc(C4(c5ccccc5C)CC4)no3)cc2C(F)F)cc1. The fourth-order valence-electron chi connectivity index (χ4n) is 4.25. The van der Waals surface area contributed by atoms with Gasteiger partial charge in [0.25, 0.3) is 12.3 Å². The van der Waals surface area contributed by atoms with E-state index in [4.69, 9.17) is 4.52 Å².